The molecule has 110 valence electrons. The largest absolute Gasteiger partial charge is 0.494 e. The van der Waals surface area contributed by atoms with Crippen LogP contribution < -0.4 is 15.2 Å². The van der Waals surface area contributed by atoms with E-state index >= 15 is 0 Å². The molecule has 0 atom stereocenters. The van der Waals surface area contributed by atoms with E-state index in [1.54, 1.807) is 6.07 Å². The first-order valence-electron chi connectivity index (χ1n) is 6.09. The predicted octanol–water partition coefficient (Wildman–Crippen LogP) is 2.69. The first-order valence-corrected chi connectivity index (χ1v) is 6.09. The van der Waals surface area contributed by atoms with E-state index < -0.39 is 11.8 Å². The van der Waals surface area contributed by atoms with Crippen LogP contribution in [0, 0.1) is 5.82 Å². The number of halogens is 1. The Morgan fingerprint density at radius 2 is 2.00 bits per heavy atom. The van der Waals surface area contributed by atoms with Gasteiger partial charge < -0.3 is 20.3 Å². The lowest BCUT2D eigenvalue weighted by atomic mass is 10.2. The summed E-state index contributed by atoms with van der Waals surface area (Å²) in [6, 6.07) is 8.60. The number of aromatic carboxylic acids is 1. The highest BCUT2D eigenvalue weighted by Crippen LogP contribution is 2.25. The second-order valence-electron chi connectivity index (χ2n) is 4.32. The number of nitrogen functional groups attached to an aromatic ring is 1. The van der Waals surface area contributed by atoms with E-state index in [0.29, 0.717) is 11.3 Å². The van der Waals surface area contributed by atoms with Crippen LogP contribution in [-0.2, 0) is 6.61 Å². The van der Waals surface area contributed by atoms with Crippen molar-refractivity contribution in [3.8, 4) is 11.5 Å². The molecule has 0 unspecified atom stereocenters. The van der Waals surface area contributed by atoms with Gasteiger partial charge in [-0.2, -0.15) is 0 Å². The summed E-state index contributed by atoms with van der Waals surface area (Å²) in [6.07, 6.45) is 0. The zero-order valence-corrected chi connectivity index (χ0v) is 11.3. The van der Waals surface area contributed by atoms with E-state index in [0.717, 1.165) is 0 Å². The summed E-state index contributed by atoms with van der Waals surface area (Å²) in [5, 5.41) is 8.92. The lowest BCUT2D eigenvalue weighted by molar-refractivity contribution is 0.0696. The van der Waals surface area contributed by atoms with Gasteiger partial charge in [-0.15, -0.1) is 0 Å². The number of hydrogen-bond donors (Lipinski definition) is 2. The second-order valence-corrected chi connectivity index (χ2v) is 4.32. The molecule has 0 aliphatic carbocycles. The third kappa shape index (κ3) is 3.42. The van der Waals surface area contributed by atoms with Crippen LogP contribution in [0.5, 0.6) is 11.5 Å². The first kappa shape index (κ1) is 14.6. The number of ether oxygens (including phenoxy) is 2. The van der Waals surface area contributed by atoms with Crippen molar-refractivity contribution in [1.29, 1.82) is 0 Å². The van der Waals surface area contributed by atoms with Gasteiger partial charge in [-0.05, 0) is 35.9 Å². The van der Waals surface area contributed by atoms with Crippen LogP contribution in [0.4, 0.5) is 10.1 Å². The van der Waals surface area contributed by atoms with Gasteiger partial charge in [0.05, 0.1) is 18.4 Å². The number of nitrogens with two attached hydrogens (primary N) is 1. The number of carboxylic acids is 1. The minimum atomic E-state index is -1.07. The molecule has 5 nitrogen and oxygen atoms in total. The summed E-state index contributed by atoms with van der Waals surface area (Å²) >= 11 is 0. The van der Waals surface area contributed by atoms with E-state index in [4.69, 9.17) is 20.3 Å². The number of hydrogen-bond acceptors (Lipinski definition) is 4. The van der Waals surface area contributed by atoms with E-state index in [1.165, 1.54) is 37.4 Å². The first-order chi connectivity index (χ1) is 10.0. The zero-order valence-electron chi connectivity index (χ0n) is 11.3. The number of carboxylic acid groups (broad SMARTS) is 1. The van der Waals surface area contributed by atoms with Crippen molar-refractivity contribution in [2.24, 2.45) is 0 Å². The molecule has 2 aromatic carbocycles. The molecule has 0 radical (unpaired) electrons. The standard InChI is InChI=1S/C15H14FNO4/c1-20-13-5-2-9(6-11(13)16)8-21-14-7-10(15(18)19)3-4-12(14)17/h2-7H,8,17H2,1H3,(H,18,19). The van der Waals surface area contributed by atoms with Crippen LogP contribution >= 0.6 is 0 Å². The summed E-state index contributed by atoms with van der Waals surface area (Å²) < 4.78 is 23.8. The Labute approximate surface area is 120 Å². The highest BCUT2D eigenvalue weighted by molar-refractivity contribution is 5.89. The molecule has 21 heavy (non-hydrogen) atoms. The van der Waals surface area contributed by atoms with Crippen molar-refractivity contribution in [2.45, 2.75) is 6.61 Å². The van der Waals surface area contributed by atoms with Gasteiger partial charge in [-0.3, -0.25) is 0 Å². The molecular formula is C15H14FNO4. The van der Waals surface area contributed by atoms with Gasteiger partial charge in [0.2, 0.25) is 0 Å². The van der Waals surface area contributed by atoms with E-state index in [2.05, 4.69) is 0 Å². The predicted molar refractivity (Wildman–Crippen MR) is 75.1 cm³/mol. The molecule has 2 rings (SSSR count). The Hall–Kier alpha value is -2.76. The van der Waals surface area contributed by atoms with Crippen LogP contribution in [0.2, 0.25) is 0 Å². The van der Waals surface area contributed by atoms with Gasteiger partial charge in [0.1, 0.15) is 12.4 Å². The van der Waals surface area contributed by atoms with Crippen molar-refractivity contribution in [3.05, 3.63) is 53.3 Å². The number of rotatable bonds is 5. The molecule has 0 aliphatic rings. The van der Waals surface area contributed by atoms with Crippen LogP contribution in [0.3, 0.4) is 0 Å². The Balaban J connectivity index is 2.14. The lowest BCUT2D eigenvalue weighted by Gasteiger charge is -2.10. The van der Waals surface area contributed by atoms with E-state index in [1.807, 2.05) is 0 Å². The van der Waals surface area contributed by atoms with Gasteiger partial charge in [0.25, 0.3) is 0 Å². The van der Waals surface area contributed by atoms with Gasteiger partial charge in [0, 0.05) is 0 Å². The monoisotopic (exact) mass is 291 g/mol. The molecule has 0 aromatic heterocycles. The molecule has 0 saturated carbocycles. The fraction of sp³-hybridized carbons (Fsp3) is 0.133. The van der Waals surface area contributed by atoms with Gasteiger partial charge in [0.15, 0.2) is 11.6 Å². The third-order valence-corrected chi connectivity index (χ3v) is 2.87. The Morgan fingerprint density at radius 3 is 2.62 bits per heavy atom. The Morgan fingerprint density at radius 1 is 1.24 bits per heavy atom. The molecule has 0 bridgehead atoms. The van der Waals surface area contributed by atoms with Crippen molar-refractivity contribution >= 4 is 11.7 Å². The van der Waals surface area contributed by atoms with Crippen LogP contribution in [0.1, 0.15) is 15.9 Å². The van der Waals surface area contributed by atoms with E-state index in [-0.39, 0.29) is 23.7 Å². The van der Waals surface area contributed by atoms with Gasteiger partial charge in [-0.25, -0.2) is 9.18 Å². The Bertz CT molecular complexity index is 673. The maximum absolute atomic E-state index is 13.5. The molecule has 0 amide bonds. The van der Waals surface area contributed by atoms with Gasteiger partial charge >= 0.3 is 5.97 Å². The minimum absolute atomic E-state index is 0.0637. The molecule has 0 heterocycles. The maximum atomic E-state index is 13.5. The maximum Gasteiger partial charge on any atom is 0.335 e. The molecule has 0 aliphatic heterocycles. The van der Waals surface area contributed by atoms with Crippen LogP contribution in [0.15, 0.2) is 36.4 Å². The molecule has 0 spiro atoms. The zero-order chi connectivity index (χ0) is 15.4. The minimum Gasteiger partial charge on any atom is -0.494 e. The molecule has 6 heteroatoms. The quantitative estimate of drug-likeness (QED) is 0.828. The lowest BCUT2D eigenvalue weighted by Crippen LogP contribution is -2.02. The molecule has 0 fully saturated rings. The molecule has 3 N–H and O–H groups in total. The number of benzene rings is 2. The second kappa shape index (κ2) is 6.13. The summed E-state index contributed by atoms with van der Waals surface area (Å²) in [5.41, 5.74) is 6.68. The molecule has 2 aromatic rings. The Kier molecular flexibility index (Phi) is 4.27. The van der Waals surface area contributed by atoms with Crippen molar-refractivity contribution in [2.75, 3.05) is 12.8 Å². The summed E-state index contributed by atoms with van der Waals surface area (Å²) in [7, 11) is 1.38. The SMILES string of the molecule is COc1ccc(COc2cc(C(=O)O)ccc2N)cc1F. The smallest absolute Gasteiger partial charge is 0.335 e. The van der Waals surface area contributed by atoms with Crippen molar-refractivity contribution in [1.82, 2.24) is 0 Å². The highest BCUT2D eigenvalue weighted by Gasteiger charge is 2.09. The van der Waals surface area contributed by atoms with Crippen molar-refractivity contribution < 1.29 is 23.8 Å². The average Bonchev–Trinajstić information content (AvgIpc) is 2.46. The number of carbonyl (C=O) groups is 1. The van der Waals surface area contributed by atoms with Crippen LogP contribution in [-0.4, -0.2) is 18.2 Å². The van der Waals surface area contributed by atoms with E-state index in [9.17, 15) is 9.18 Å². The third-order valence-electron chi connectivity index (χ3n) is 2.87. The molecule has 0 saturated heterocycles. The van der Waals surface area contributed by atoms with Crippen LogP contribution in [0.25, 0.3) is 0 Å². The average molecular weight is 291 g/mol. The topological polar surface area (TPSA) is 81.8 Å². The van der Waals surface area contributed by atoms with Crippen molar-refractivity contribution in [3.63, 3.8) is 0 Å². The normalized spacial score (nSPS) is 10.2. The number of methoxy groups -OCH3 is 1. The fourth-order valence-corrected chi connectivity index (χ4v) is 1.75. The van der Waals surface area contributed by atoms with Gasteiger partial charge in [-0.1, -0.05) is 6.07 Å². The summed E-state index contributed by atoms with van der Waals surface area (Å²) in [5.74, 6) is -1.18. The number of anilines is 1. The highest BCUT2D eigenvalue weighted by atomic mass is 19.1. The molecular weight excluding hydrogens is 277 g/mol. The fourth-order valence-electron chi connectivity index (χ4n) is 1.75. The summed E-state index contributed by atoms with van der Waals surface area (Å²) in [6.45, 7) is 0.0637. The summed E-state index contributed by atoms with van der Waals surface area (Å²) in [4.78, 5) is 10.9.